The van der Waals surface area contributed by atoms with Gasteiger partial charge in [0.2, 0.25) is 15.2 Å². The van der Waals surface area contributed by atoms with Crippen molar-refractivity contribution in [3.05, 3.63) is 71.6 Å². The fraction of sp³-hybridized carbons (Fsp3) is 0.300. The third-order valence-electron chi connectivity index (χ3n) is 4.91. The van der Waals surface area contributed by atoms with Crippen LogP contribution in [-0.4, -0.2) is 48.3 Å². The van der Waals surface area contributed by atoms with Gasteiger partial charge in [-0.3, -0.25) is 0 Å². The van der Waals surface area contributed by atoms with Gasteiger partial charge in [-0.25, -0.2) is 22.2 Å². The van der Waals surface area contributed by atoms with Gasteiger partial charge in [-0.05, 0) is 48.4 Å². The maximum atomic E-state index is 13.1. The molecule has 1 aliphatic heterocycles. The van der Waals surface area contributed by atoms with E-state index in [2.05, 4.69) is 9.36 Å². The minimum absolute atomic E-state index is 0.0925. The van der Waals surface area contributed by atoms with Gasteiger partial charge in [0.05, 0.1) is 4.90 Å². The lowest BCUT2D eigenvalue weighted by Crippen LogP contribution is -2.35. The van der Waals surface area contributed by atoms with Crippen molar-refractivity contribution in [3.63, 3.8) is 0 Å². The largest absolute Gasteiger partial charge is 0.345 e. The second-order valence-corrected chi connectivity index (χ2v) is 9.66. The number of hydrogen-bond acceptors (Lipinski definition) is 6. The highest BCUT2D eigenvalue weighted by Crippen LogP contribution is 2.23. The molecule has 0 saturated carbocycles. The fourth-order valence-corrected chi connectivity index (χ4v) is 5.52. The second-order valence-electron chi connectivity index (χ2n) is 7.00. The number of aromatic nitrogens is 2. The van der Waals surface area contributed by atoms with E-state index in [9.17, 15) is 17.2 Å². The fourth-order valence-electron chi connectivity index (χ4n) is 3.31. The van der Waals surface area contributed by atoms with Gasteiger partial charge >= 0.3 is 0 Å². The van der Waals surface area contributed by atoms with E-state index in [1.807, 2.05) is 4.90 Å². The smallest absolute Gasteiger partial charge is 0.243 e. The molecule has 0 aliphatic carbocycles. The number of nitrogens with zero attached hydrogens (tertiary/aromatic N) is 4. The van der Waals surface area contributed by atoms with Crippen LogP contribution in [0.15, 0.2) is 53.4 Å². The van der Waals surface area contributed by atoms with Crippen LogP contribution in [0.1, 0.15) is 17.8 Å². The number of rotatable bonds is 5. The average Bonchev–Trinajstić information content (AvgIpc) is 3.04. The zero-order chi connectivity index (χ0) is 21.1. The van der Waals surface area contributed by atoms with Crippen LogP contribution in [0.2, 0.25) is 0 Å². The van der Waals surface area contributed by atoms with Gasteiger partial charge in [0.25, 0.3) is 0 Å². The first-order valence-corrected chi connectivity index (χ1v) is 11.7. The summed E-state index contributed by atoms with van der Waals surface area (Å²) in [6.45, 7) is 1.86. The van der Waals surface area contributed by atoms with Crippen molar-refractivity contribution in [1.29, 1.82) is 0 Å². The van der Waals surface area contributed by atoms with Crippen LogP contribution in [0.3, 0.4) is 0 Å². The summed E-state index contributed by atoms with van der Waals surface area (Å²) in [5.74, 6) is -0.0965. The van der Waals surface area contributed by atoms with Gasteiger partial charge < -0.3 is 4.90 Å². The van der Waals surface area contributed by atoms with E-state index in [0.717, 1.165) is 22.8 Å². The van der Waals surface area contributed by atoms with Gasteiger partial charge in [0.1, 0.15) is 17.5 Å². The molecular weight excluding hydrogens is 430 g/mol. The third kappa shape index (κ3) is 4.66. The molecule has 0 radical (unpaired) electrons. The summed E-state index contributed by atoms with van der Waals surface area (Å²) in [6, 6.07) is 11.1. The van der Waals surface area contributed by atoms with Crippen molar-refractivity contribution in [2.75, 3.05) is 31.1 Å². The SMILES string of the molecule is O=S(=O)(c1ccc(F)cc1)N1CCCN(c2nc(Cc3ccc(F)cc3)ns2)CC1. The molecule has 10 heteroatoms. The molecule has 1 saturated heterocycles. The molecule has 6 nitrogen and oxygen atoms in total. The van der Waals surface area contributed by atoms with Crippen molar-refractivity contribution in [3.8, 4) is 0 Å². The first-order valence-electron chi connectivity index (χ1n) is 9.49. The Hall–Kier alpha value is -2.43. The Morgan fingerprint density at radius 3 is 2.27 bits per heavy atom. The standard InChI is InChI=1S/C20H20F2N4O2S2/c21-16-4-2-15(3-5-16)14-19-23-20(29-24-19)25-10-1-11-26(13-12-25)30(27,28)18-8-6-17(22)7-9-18/h2-9H,1,10-14H2. The predicted molar refractivity (Wildman–Crippen MR) is 111 cm³/mol. The molecule has 0 unspecified atom stereocenters. The summed E-state index contributed by atoms with van der Waals surface area (Å²) in [4.78, 5) is 6.70. The Morgan fingerprint density at radius 2 is 1.57 bits per heavy atom. The first kappa shape index (κ1) is 20.8. The summed E-state index contributed by atoms with van der Waals surface area (Å²) in [6.07, 6.45) is 1.16. The van der Waals surface area contributed by atoms with Gasteiger partial charge in [0.15, 0.2) is 0 Å². The summed E-state index contributed by atoms with van der Waals surface area (Å²) >= 11 is 1.28. The molecule has 1 aliphatic rings. The summed E-state index contributed by atoms with van der Waals surface area (Å²) in [5.41, 5.74) is 0.924. The monoisotopic (exact) mass is 450 g/mol. The van der Waals surface area contributed by atoms with Crippen LogP contribution >= 0.6 is 11.5 Å². The number of anilines is 1. The van der Waals surface area contributed by atoms with E-state index in [4.69, 9.17) is 0 Å². The molecule has 1 aromatic heterocycles. The maximum absolute atomic E-state index is 13.1. The molecule has 0 atom stereocenters. The van der Waals surface area contributed by atoms with Gasteiger partial charge in [-0.2, -0.15) is 8.68 Å². The predicted octanol–water partition coefficient (Wildman–Crippen LogP) is 3.31. The molecular formula is C20H20F2N4O2S2. The van der Waals surface area contributed by atoms with Crippen molar-refractivity contribution >= 4 is 26.7 Å². The van der Waals surface area contributed by atoms with Gasteiger partial charge in [-0.15, -0.1) is 0 Å². The van der Waals surface area contributed by atoms with Crippen LogP contribution in [-0.2, 0) is 16.4 Å². The summed E-state index contributed by atoms with van der Waals surface area (Å²) < 4.78 is 57.7. The minimum atomic E-state index is -3.67. The number of benzene rings is 2. The Labute approximate surface area is 178 Å². The highest BCUT2D eigenvalue weighted by molar-refractivity contribution is 7.89. The Balaban J connectivity index is 1.42. The summed E-state index contributed by atoms with van der Waals surface area (Å²) in [7, 11) is -3.67. The van der Waals surface area contributed by atoms with Crippen molar-refractivity contribution in [2.45, 2.75) is 17.7 Å². The van der Waals surface area contributed by atoms with Crippen LogP contribution in [0.25, 0.3) is 0 Å². The van der Waals surface area contributed by atoms with E-state index in [0.29, 0.717) is 44.8 Å². The Morgan fingerprint density at radius 1 is 0.900 bits per heavy atom. The number of sulfonamides is 1. The number of halogens is 2. The normalized spacial score (nSPS) is 15.9. The van der Waals surface area contributed by atoms with E-state index >= 15 is 0 Å². The third-order valence-corrected chi connectivity index (χ3v) is 7.64. The lowest BCUT2D eigenvalue weighted by atomic mass is 10.1. The molecule has 1 fully saturated rings. The molecule has 0 amide bonds. The van der Waals surface area contributed by atoms with E-state index in [1.165, 1.54) is 40.1 Å². The van der Waals surface area contributed by atoms with Crippen molar-refractivity contribution in [2.24, 2.45) is 0 Å². The second kappa shape index (κ2) is 8.75. The zero-order valence-corrected chi connectivity index (χ0v) is 17.7. The molecule has 0 bridgehead atoms. The summed E-state index contributed by atoms with van der Waals surface area (Å²) in [5, 5.41) is 0.744. The lowest BCUT2D eigenvalue weighted by Gasteiger charge is -2.21. The maximum Gasteiger partial charge on any atom is 0.243 e. The Bertz CT molecular complexity index is 1100. The van der Waals surface area contributed by atoms with Crippen LogP contribution in [0, 0.1) is 11.6 Å². The zero-order valence-electron chi connectivity index (χ0n) is 16.0. The highest BCUT2D eigenvalue weighted by Gasteiger charge is 2.27. The van der Waals surface area contributed by atoms with Crippen LogP contribution in [0.4, 0.5) is 13.9 Å². The molecule has 0 spiro atoms. The highest BCUT2D eigenvalue weighted by atomic mass is 32.2. The number of hydrogen-bond donors (Lipinski definition) is 0. The van der Waals surface area contributed by atoms with E-state index < -0.39 is 15.8 Å². The molecule has 4 rings (SSSR count). The van der Waals surface area contributed by atoms with E-state index in [1.54, 1.807) is 12.1 Å². The topological polar surface area (TPSA) is 66.4 Å². The van der Waals surface area contributed by atoms with Crippen molar-refractivity contribution in [1.82, 2.24) is 13.7 Å². The minimum Gasteiger partial charge on any atom is -0.345 e. The molecule has 158 valence electrons. The average molecular weight is 451 g/mol. The van der Waals surface area contributed by atoms with E-state index in [-0.39, 0.29) is 10.7 Å². The molecule has 3 aromatic rings. The molecule has 0 N–H and O–H groups in total. The molecule has 2 aromatic carbocycles. The molecule has 2 heterocycles. The lowest BCUT2D eigenvalue weighted by molar-refractivity contribution is 0.433. The Kier molecular flexibility index (Phi) is 6.07. The first-order chi connectivity index (χ1) is 14.4. The molecule has 30 heavy (non-hydrogen) atoms. The van der Waals surface area contributed by atoms with Crippen molar-refractivity contribution < 1.29 is 17.2 Å². The van der Waals surface area contributed by atoms with Crippen LogP contribution < -0.4 is 4.90 Å². The van der Waals surface area contributed by atoms with Gasteiger partial charge in [0, 0.05) is 44.1 Å². The van der Waals surface area contributed by atoms with Crippen LogP contribution in [0.5, 0.6) is 0 Å². The van der Waals surface area contributed by atoms with Gasteiger partial charge in [-0.1, -0.05) is 12.1 Å². The quantitative estimate of drug-likeness (QED) is 0.597.